The fourth-order valence-corrected chi connectivity index (χ4v) is 4.93. The zero-order chi connectivity index (χ0) is 22.8. The van der Waals surface area contributed by atoms with Crippen molar-refractivity contribution < 1.29 is 22.8 Å². The number of hydrogen-bond donors (Lipinski definition) is 1. The highest BCUT2D eigenvalue weighted by Crippen LogP contribution is 2.59. The van der Waals surface area contributed by atoms with Crippen LogP contribution in [0.5, 0.6) is 0 Å². The number of nitrogens with one attached hydrogen (secondary N) is 1. The lowest BCUT2D eigenvalue weighted by molar-refractivity contribution is -0.137. The minimum absolute atomic E-state index is 0.0310. The fraction of sp³-hybridized carbons (Fsp3) is 0.455. The number of piperidine rings is 1. The second-order valence-corrected chi connectivity index (χ2v) is 9.18. The molecule has 1 aliphatic heterocycles. The summed E-state index contributed by atoms with van der Waals surface area (Å²) in [4.78, 5) is 35.1. The van der Waals surface area contributed by atoms with Gasteiger partial charge in [-0.1, -0.05) is 23.9 Å². The van der Waals surface area contributed by atoms with Crippen LogP contribution in [0.1, 0.15) is 30.4 Å². The zero-order valence-corrected chi connectivity index (χ0v) is 18.1. The molecule has 1 saturated carbocycles. The summed E-state index contributed by atoms with van der Waals surface area (Å²) in [5, 5.41) is 3.34. The number of alkyl halides is 3. The van der Waals surface area contributed by atoms with Gasteiger partial charge in [0.05, 0.1) is 11.3 Å². The van der Waals surface area contributed by atoms with Crippen molar-refractivity contribution in [1.82, 2.24) is 20.2 Å². The summed E-state index contributed by atoms with van der Waals surface area (Å²) in [6, 6.07) is 6.71. The normalized spacial score (nSPS) is 19.6. The Morgan fingerprint density at radius 1 is 1.16 bits per heavy atom. The molecule has 1 aliphatic carbocycles. The first-order valence-corrected chi connectivity index (χ1v) is 11.4. The molecule has 2 amide bonds. The fourth-order valence-electron chi connectivity index (χ4n) is 4.22. The first-order valence-electron chi connectivity index (χ1n) is 10.4. The number of carbonyl (C=O) groups is 2. The van der Waals surface area contributed by atoms with E-state index in [1.165, 1.54) is 17.8 Å². The van der Waals surface area contributed by atoms with Crippen molar-refractivity contribution in [3.63, 3.8) is 0 Å². The summed E-state index contributed by atoms with van der Waals surface area (Å²) in [6.07, 6.45) is 1.14. The average Bonchev–Trinajstić information content (AvgIpc) is 3.50. The van der Waals surface area contributed by atoms with Gasteiger partial charge < -0.3 is 10.2 Å². The number of aromatic nitrogens is 2. The summed E-state index contributed by atoms with van der Waals surface area (Å²) >= 11 is 1.30. The molecular weight excluding hydrogens is 441 g/mol. The highest BCUT2D eigenvalue weighted by atomic mass is 32.2. The van der Waals surface area contributed by atoms with Crippen molar-refractivity contribution in [2.24, 2.45) is 11.3 Å². The third-order valence-electron chi connectivity index (χ3n) is 6.21. The molecule has 32 heavy (non-hydrogen) atoms. The van der Waals surface area contributed by atoms with Gasteiger partial charge in [0.25, 0.3) is 0 Å². The number of likely N-dealkylation sites (tertiary alicyclic amines) is 1. The van der Waals surface area contributed by atoms with Gasteiger partial charge in [-0.2, -0.15) is 13.2 Å². The van der Waals surface area contributed by atoms with Crippen molar-refractivity contribution in [3.05, 3.63) is 53.9 Å². The van der Waals surface area contributed by atoms with E-state index in [9.17, 15) is 22.8 Å². The number of hydrogen-bond acceptors (Lipinski definition) is 5. The van der Waals surface area contributed by atoms with Crippen LogP contribution >= 0.6 is 11.8 Å². The summed E-state index contributed by atoms with van der Waals surface area (Å²) < 4.78 is 38.5. The highest BCUT2D eigenvalue weighted by molar-refractivity contribution is 7.99. The van der Waals surface area contributed by atoms with E-state index in [0.717, 1.165) is 31.4 Å². The Bertz CT molecular complexity index is 979. The van der Waals surface area contributed by atoms with Crippen LogP contribution < -0.4 is 5.32 Å². The maximum Gasteiger partial charge on any atom is 0.416 e. The Labute approximate surface area is 188 Å². The molecule has 4 rings (SSSR count). The third kappa shape index (κ3) is 5.23. The number of thioether (sulfide) groups is 1. The topological polar surface area (TPSA) is 75.2 Å². The molecule has 170 valence electrons. The maximum atomic E-state index is 12.8. The second kappa shape index (κ2) is 9.09. The van der Waals surface area contributed by atoms with Crippen molar-refractivity contribution >= 4 is 23.6 Å². The number of rotatable bonds is 6. The number of halogens is 3. The molecule has 1 atom stereocenters. The van der Waals surface area contributed by atoms with Crippen LogP contribution in [0.25, 0.3) is 0 Å². The predicted molar refractivity (Wildman–Crippen MR) is 112 cm³/mol. The van der Waals surface area contributed by atoms with Gasteiger partial charge >= 0.3 is 6.18 Å². The number of nitrogens with zero attached hydrogens (tertiary/aromatic N) is 3. The van der Waals surface area contributed by atoms with Crippen LogP contribution in [0, 0.1) is 11.3 Å². The molecule has 1 spiro atoms. The second-order valence-electron chi connectivity index (χ2n) is 8.24. The van der Waals surface area contributed by atoms with E-state index in [1.807, 2.05) is 4.90 Å². The lowest BCUT2D eigenvalue weighted by Crippen LogP contribution is -2.41. The van der Waals surface area contributed by atoms with E-state index in [2.05, 4.69) is 15.3 Å². The van der Waals surface area contributed by atoms with Gasteiger partial charge in [-0.05, 0) is 48.4 Å². The minimum atomic E-state index is -4.40. The molecule has 0 radical (unpaired) electrons. The van der Waals surface area contributed by atoms with E-state index in [4.69, 9.17) is 0 Å². The molecule has 2 fully saturated rings. The van der Waals surface area contributed by atoms with Crippen LogP contribution in [0.2, 0.25) is 0 Å². The molecule has 1 saturated heterocycles. The predicted octanol–water partition coefficient (Wildman–Crippen LogP) is 3.53. The molecule has 6 nitrogen and oxygen atoms in total. The smallest absolute Gasteiger partial charge is 0.352 e. The van der Waals surface area contributed by atoms with Crippen molar-refractivity contribution in [2.45, 2.75) is 37.1 Å². The monoisotopic (exact) mass is 464 g/mol. The van der Waals surface area contributed by atoms with Crippen LogP contribution in [-0.4, -0.2) is 45.5 Å². The Morgan fingerprint density at radius 3 is 2.56 bits per heavy atom. The van der Waals surface area contributed by atoms with Gasteiger partial charge in [0.15, 0.2) is 5.16 Å². The van der Waals surface area contributed by atoms with Crippen molar-refractivity contribution in [3.8, 4) is 0 Å². The molecule has 0 unspecified atom stereocenters. The molecule has 1 aromatic heterocycles. The summed E-state index contributed by atoms with van der Waals surface area (Å²) in [6.45, 7) is 1.28. The summed E-state index contributed by atoms with van der Waals surface area (Å²) in [5.41, 5.74) is -0.394. The van der Waals surface area contributed by atoms with Crippen LogP contribution in [-0.2, 0) is 22.3 Å². The number of benzene rings is 1. The molecular formula is C22H23F3N4O2S. The van der Waals surface area contributed by atoms with E-state index in [1.54, 1.807) is 24.5 Å². The zero-order valence-electron chi connectivity index (χ0n) is 17.3. The molecule has 2 aromatic rings. The lowest BCUT2D eigenvalue weighted by atomic mass is 9.90. The van der Waals surface area contributed by atoms with Gasteiger partial charge in [-0.3, -0.25) is 9.59 Å². The Hall–Kier alpha value is -2.62. The summed E-state index contributed by atoms with van der Waals surface area (Å²) in [7, 11) is 0. The number of amides is 2. The molecule has 2 aliphatic rings. The molecule has 1 aromatic carbocycles. The standard InChI is InChI=1S/C22H23F3N4O2S/c23-22(24,25)16-4-1-3-15(11-16)13-28-19(31)17-12-21(17)5-9-29(10-6-21)18(30)14-32-20-26-7-2-8-27-20/h1-4,7-8,11,17H,5-6,9-10,12-14H2,(H,28,31)/t17-/m0/s1. The first kappa shape index (κ1) is 22.6. The van der Waals surface area contributed by atoms with Crippen molar-refractivity contribution in [1.29, 1.82) is 0 Å². The number of carbonyl (C=O) groups excluding carboxylic acids is 2. The quantitative estimate of drug-likeness (QED) is 0.523. The van der Waals surface area contributed by atoms with Gasteiger partial charge in [0, 0.05) is 37.9 Å². The molecule has 10 heteroatoms. The molecule has 0 bridgehead atoms. The Balaban J connectivity index is 1.22. The van der Waals surface area contributed by atoms with E-state index >= 15 is 0 Å². The SMILES string of the molecule is O=C(NCc1cccc(C(F)(F)F)c1)[C@@H]1CC12CCN(C(=O)CSc1ncccn1)CC2. The van der Waals surface area contributed by atoms with Crippen LogP contribution in [0.4, 0.5) is 13.2 Å². The summed E-state index contributed by atoms with van der Waals surface area (Å²) in [5.74, 6) is 0.0397. The third-order valence-corrected chi connectivity index (χ3v) is 7.07. The van der Waals surface area contributed by atoms with Crippen LogP contribution in [0.15, 0.2) is 47.9 Å². The largest absolute Gasteiger partial charge is 0.416 e. The van der Waals surface area contributed by atoms with E-state index in [0.29, 0.717) is 23.8 Å². The van der Waals surface area contributed by atoms with Gasteiger partial charge in [0.1, 0.15) is 0 Å². The molecule has 1 N–H and O–H groups in total. The Morgan fingerprint density at radius 2 is 1.88 bits per heavy atom. The van der Waals surface area contributed by atoms with Gasteiger partial charge in [0.2, 0.25) is 11.8 Å². The van der Waals surface area contributed by atoms with Gasteiger partial charge in [-0.15, -0.1) is 0 Å². The van der Waals surface area contributed by atoms with E-state index < -0.39 is 11.7 Å². The highest BCUT2D eigenvalue weighted by Gasteiger charge is 2.58. The van der Waals surface area contributed by atoms with Gasteiger partial charge in [-0.25, -0.2) is 9.97 Å². The average molecular weight is 465 g/mol. The van der Waals surface area contributed by atoms with E-state index in [-0.39, 0.29) is 35.4 Å². The van der Waals surface area contributed by atoms with Crippen molar-refractivity contribution in [2.75, 3.05) is 18.8 Å². The minimum Gasteiger partial charge on any atom is -0.352 e. The Kier molecular flexibility index (Phi) is 6.41. The maximum absolute atomic E-state index is 12.8. The first-order chi connectivity index (χ1) is 15.3. The van der Waals surface area contributed by atoms with Crippen LogP contribution in [0.3, 0.4) is 0 Å². The lowest BCUT2D eigenvalue weighted by Gasteiger charge is -2.32. The molecule has 2 heterocycles.